The molecule has 6 nitrogen and oxygen atoms in total. The summed E-state index contributed by atoms with van der Waals surface area (Å²) in [4.78, 5) is 11.4. The van der Waals surface area contributed by atoms with Gasteiger partial charge in [0.25, 0.3) is 0 Å². The lowest BCUT2D eigenvalue weighted by Crippen LogP contribution is -2.17. The average molecular weight is 384 g/mol. The molecule has 1 N–H and O–H groups in total. The number of carboxylic acid groups (broad SMARTS) is 1. The summed E-state index contributed by atoms with van der Waals surface area (Å²) in [5.41, 5.74) is 0.567. The smallest absolute Gasteiger partial charge is 0.476 e. The molecule has 0 aliphatic rings. The van der Waals surface area contributed by atoms with E-state index in [0.29, 0.717) is 16.3 Å². The molecule has 3 rings (SSSR count). The van der Waals surface area contributed by atoms with Crippen LogP contribution in [0.5, 0.6) is 5.75 Å². The van der Waals surface area contributed by atoms with Crippen molar-refractivity contribution in [1.82, 2.24) is 15.0 Å². The van der Waals surface area contributed by atoms with E-state index in [4.69, 9.17) is 11.6 Å². The van der Waals surface area contributed by atoms with Gasteiger partial charge in [0, 0.05) is 10.6 Å². The molecule has 134 valence electrons. The number of hydrogen-bond acceptors (Lipinski definition) is 4. The molecule has 2 aromatic carbocycles. The van der Waals surface area contributed by atoms with E-state index >= 15 is 0 Å². The molecule has 3 aromatic rings. The highest BCUT2D eigenvalue weighted by molar-refractivity contribution is 6.30. The van der Waals surface area contributed by atoms with Crippen LogP contribution in [0.3, 0.4) is 0 Å². The maximum absolute atomic E-state index is 12.3. The number of aromatic carboxylic acids is 1. The molecule has 0 atom stereocenters. The van der Waals surface area contributed by atoms with E-state index in [1.165, 1.54) is 22.9 Å². The Morgan fingerprint density at radius 2 is 1.85 bits per heavy atom. The van der Waals surface area contributed by atoms with Gasteiger partial charge in [0.1, 0.15) is 11.4 Å². The van der Waals surface area contributed by atoms with Gasteiger partial charge in [-0.2, -0.15) is 0 Å². The van der Waals surface area contributed by atoms with Crippen LogP contribution < -0.4 is 4.74 Å². The van der Waals surface area contributed by atoms with Crippen molar-refractivity contribution in [2.24, 2.45) is 0 Å². The van der Waals surface area contributed by atoms with Gasteiger partial charge in [-0.1, -0.05) is 28.9 Å². The number of hydrogen-bond donors (Lipinski definition) is 1. The molecule has 0 radical (unpaired) electrons. The van der Waals surface area contributed by atoms with E-state index < -0.39 is 18.1 Å². The molecule has 26 heavy (non-hydrogen) atoms. The number of nitrogens with zero attached hydrogens (tertiary/aromatic N) is 3. The Bertz CT molecular complexity index is 955. The van der Waals surface area contributed by atoms with Gasteiger partial charge >= 0.3 is 12.3 Å². The minimum Gasteiger partial charge on any atom is -0.476 e. The quantitative estimate of drug-likeness (QED) is 0.731. The van der Waals surface area contributed by atoms with Gasteiger partial charge in [-0.15, -0.1) is 18.3 Å². The van der Waals surface area contributed by atoms with Gasteiger partial charge in [-0.25, -0.2) is 9.48 Å². The van der Waals surface area contributed by atoms with Crippen molar-refractivity contribution in [3.63, 3.8) is 0 Å². The normalized spacial score (nSPS) is 11.4. The first-order valence-electron chi connectivity index (χ1n) is 7.06. The lowest BCUT2D eigenvalue weighted by Gasteiger charge is -2.11. The summed E-state index contributed by atoms with van der Waals surface area (Å²) >= 11 is 5.95. The van der Waals surface area contributed by atoms with Crippen LogP contribution in [0.1, 0.15) is 10.5 Å². The van der Waals surface area contributed by atoms with Crippen LogP contribution >= 0.6 is 11.6 Å². The fourth-order valence-electron chi connectivity index (χ4n) is 2.29. The molecular formula is C16H9ClF3N3O3. The van der Waals surface area contributed by atoms with Crippen LogP contribution in [-0.4, -0.2) is 32.4 Å². The highest BCUT2D eigenvalue weighted by atomic mass is 35.5. The third-order valence-corrected chi connectivity index (χ3v) is 3.52. The molecule has 0 saturated heterocycles. The van der Waals surface area contributed by atoms with Gasteiger partial charge in [0.05, 0.1) is 5.69 Å². The zero-order valence-corrected chi connectivity index (χ0v) is 13.5. The molecule has 0 saturated carbocycles. The molecule has 0 amide bonds. The molecule has 0 fully saturated rings. The highest BCUT2D eigenvalue weighted by Gasteiger charge is 2.31. The molecule has 0 unspecified atom stereocenters. The Morgan fingerprint density at radius 3 is 2.42 bits per heavy atom. The largest absolute Gasteiger partial charge is 0.573 e. The van der Waals surface area contributed by atoms with E-state index in [2.05, 4.69) is 15.0 Å². The molecule has 0 bridgehead atoms. The topological polar surface area (TPSA) is 77.2 Å². The third-order valence-electron chi connectivity index (χ3n) is 3.29. The lowest BCUT2D eigenvalue weighted by molar-refractivity contribution is -0.274. The van der Waals surface area contributed by atoms with E-state index in [1.807, 2.05) is 0 Å². The first-order chi connectivity index (χ1) is 12.2. The molecule has 0 aliphatic heterocycles. The van der Waals surface area contributed by atoms with E-state index in [0.717, 1.165) is 12.1 Å². The summed E-state index contributed by atoms with van der Waals surface area (Å²) in [7, 11) is 0. The maximum Gasteiger partial charge on any atom is 0.573 e. The molecule has 10 heteroatoms. The number of halogens is 4. The summed E-state index contributed by atoms with van der Waals surface area (Å²) in [5.74, 6) is -1.72. The van der Waals surface area contributed by atoms with E-state index in [-0.39, 0.29) is 11.4 Å². The lowest BCUT2D eigenvalue weighted by atomic mass is 10.1. The average Bonchev–Trinajstić information content (AvgIpc) is 2.99. The summed E-state index contributed by atoms with van der Waals surface area (Å²) in [6, 6.07) is 11.2. The molecule has 0 spiro atoms. The van der Waals surface area contributed by atoms with Gasteiger partial charge in [0.15, 0.2) is 5.69 Å². The summed E-state index contributed by atoms with van der Waals surface area (Å²) < 4.78 is 41.8. The Hall–Kier alpha value is -3.07. The summed E-state index contributed by atoms with van der Waals surface area (Å²) in [6.45, 7) is 0. The Labute approximate surface area is 149 Å². The van der Waals surface area contributed by atoms with Gasteiger partial charge in [-0.05, 0) is 36.4 Å². The van der Waals surface area contributed by atoms with Crippen molar-refractivity contribution in [2.75, 3.05) is 0 Å². The third kappa shape index (κ3) is 3.77. The van der Waals surface area contributed by atoms with Gasteiger partial charge in [0.2, 0.25) is 0 Å². The van der Waals surface area contributed by atoms with Crippen LogP contribution in [0.4, 0.5) is 13.2 Å². The Morgan fingerprint density at radius 1 is 1.15 bits per heavy atom. The van der Waals surface area contributed by atoms with Crippen molar-refractivity contribution in [2.45, 2.75) is 6.36 Å². The van der Waals surface area contributed by atoms with Crippen LogP contribution in [0, 0.1) is 0 Å². The zero-order valence-electron chi connectivity index (χ0n) is 12.7. The molecule has 1 heterocycles. The predicted molar refractivity (Wildman–Crippen MR) is 85.4 cm³/mol. The number of carbonyl (C=O) groups is 1. The Balaban J connectivity index is 2.07. The first-order valence-corrected chi connectivity index (χ1v) is 7.43. The van der Waals surface area contributed by atoms with Crippen LogP contribution in [0.15, 0.2) is 48.5 Å². The predicted octanol–water partition coefficient (Wildman–Crippen LogP) is 4.18. The highest BCUT2D eigenvalue weighted by Crippen LogP contribution is 2.29. The minimum atomic E-state index is -4.81. The van der Waals surface area contributed by atoms with E-state index in [1.54, 1.807) is 18.2 Å². The van der Waals surface area contributed by atoms with Crippen molar-refractivity contribution in [3.8, 4) is 22.7 Å². The van der Waals surface area contributed by atoms with Crippen molar-refractivity contribution >= 4 is 17.6 Å². The number of ether oxygens (including phenoxy) is 1. The fraction of sp³-hybridized carbons (Fsp3) is 0.0625. The number of carboxylic acids is 1. The first kappa shape index (κ1) is 17.7. The fourth-order valence-corrected chi connectivity index (χ4v) is 2.48. The summed E-state index contributed by atoms with van der Waals surface area (Å²) in [5, 5.41) is 17.1. The SMILES string of the molecule is O=C(O)c1nnn(-c2ccc(OC(F)(F)F)cc2)c1-c1cccc(Cl)c1. The van der Waals surface area contributed by atoms with E-state index in [9.17, 15) is 23.1 Å². The van der Waals surface area contributed by atoms with Crippen molar-refractivity contribution < 1.29 is 27.8 Å². The van der Waals surface area contributed by atoms with Crippen LogP contribution in [0.2, 0.25) is 5.02 Å². The number of benzene rings is 2. The zero-order chi connectivity index (χ0) is 18.9. The molecule has 1 aromatic heterocycles. The second-order valence-electron chi connectivity index (χ2n) is 5.06. The molecule has 0 aliphatic carbocycles. The monoisotopic (exact) mass is 383 g/mol. The number of rotatable bonds is 4. The second-order valence-corrected chi connectivity index (χ2v) is 5.49. The van der Waals surface area contributed by atoms with Crippen LogP contribution in [0.25, 0.3) is 16.9 Å². The van der Waals surface area contributed by atoms with Gasteiger partial charge in [-0.3, -0.25) is 0 Å². The Kier molecular flexibility index (Phi) is 4.56. The molecular weight excluding hydrogens is 375 g/mol. The van der Waals surface area contributed by atoms with Crippen LogP contribution in [-0.2, 0) is 0 Å². The number of alkyl halides is 3. The van der Waals surface area contributed by atoms with Crippen molar-refractivity contribution in [3.05, 3.63) is 59.2 Å². The number of aromatic nitrogens is 3. The van der Waals surface area contributed by atoms with Crippen molar-refractivity contribution in [1.29, 1.82) is 0 Å². The maximum atomic E-state index is 12.3. The second kappa shape index (κ2) is 6.68. The summed E-state index contributed by atoms with van der Waals surface area (Å²) in [6.07, 6.45) is -4.81. The van der Waals surface area contributed by atoms with Gasteiger partial charge < -0.3 is 9.84 Å². The standard InChI is InChI=1S/C16H9ClF3N3O3/c17-10-3-1-2-9(8-10)14-13(15(24)25)21-22-23(14)11-4-6-12(7-5-11)26-16(18,19)20/h1-8H,(H,24,25). The minimum absolute atomic E-state index is 0.143.